The Hall–Kier alpha value is -1.22. The van der Waals surface area contributed by atoms with Crippen molar-refractivity contribution in [3.05, 3.63) is 23.8 Å². The molecule has 3 nitrogen and oxygen atoms in total. The molecule has 1 aromatic rings. The first-order valence-electron chi connectivity index (χ1n) is 6.17. The van der Waals surface area contributed by atoms with Gasteiger partial charge in [-0.25, -0.2) is 0 Å². The fourth-order valence-electron chi connectivity index (χ4n) is 1.60. The number of aliphatic hydroxyl groups excluding tert-OH is 1. The Kier molecular flexibility index (Phi) is 5.84. The molecule has 1 rings (SSSR count). The molecule has 0 radical (unpaired) electrons. The maximum absolute atomic E-state index is 9.48. The van der Waals surface area contributed by atoms with Crippen LogP contribution in [0.15, 0.2) is 18.2 Å². The number of hydrogen-bond donors (Lipinski definition) is 1. The fraction of sp³-hybridized carbons (Fsp3) is 0.571. The summed E-state index contributed by atoms with van der Waals surface area (Å²) in [5.74, 6) is 1.42. The minimum absolute atomic E-state index is 0.488. The Morgan fingerprint density at radius 3 is 2.59 bits per heavy atom. The molecule has 3 heteroatoms. The molecule has 0 aliphatic heterocycles. The molecule has 0 unspecified atom stereocenters. The lowest BCUT2D eigenvalue weighted by atomic mass is 10.1. The second kappa shape index (κ2) is 7.17. The Labute approximate surface area is 103 Å². The largest absolute Gasteiger partial charge is 0.493 e. The van der Waals surface area contributed by atoms with Gasteiger partial charge >= 0.3 is 0 Å². The van der Waals surface area contributed by atoms with Gasteiger partial charge in [0.15, 0.2) is 11.5 Å². The minimum atomic E-state index is -0.488. The molecule has 0 heterocycles. The van der Waals surface area contributed by atoms with E-state index in [1.54, 1.807) is 14.0 Å². The first-order valence-corrected chi connectivity index (χ1v) is 6.17. The highest BCUT2D eigenvalue weighted by Crippen LogP contribution is 2.30. The number of ether oxygens (including phenoxy) is 2. The molecular formula is C14H22O3. The van der Waals surface area contributed by atoms with Gasteiger partial charge in [-0.3, -0.25) is 0 Å². The second-order valence-corrected chi connectivity index (χ2v) is 4.14. The molecular weight excluding hydrogens is 216 g/mol. The Bertz CT molecular complexity index is 334. The van der Waals surface area contributed by atoms with Crippen molar-refractivity contribution in [1.82, 2.24) is 0 Å². The van der Waals surface area contributed by atoms with Crippen LogP contribution in [-0.4, -0.2) is 18.8 Å². The van der Waals surface area contributed by atoms with Gasteiger partial charge in [0.05, 0.1) is 19.8 Å². The Morgan fingerprint density at radius 1 is 1.24 bits per heavy atom. The van der Waals surface area contributed by atoms with Crippen molar-refractivity contribution < 1.29 is 14.6 Å². The van der Waals surface area contributed by atoms with Crippen molar-refractivity contribution >= 4 is 0 Å². The lowest BCUT2D eigenvalue weighted by molar-refractivity contribution is 0.198. The lowest BCUT2D eigenvalue weighted by Crippen LogP contribution is -2.00. The highest BCUT2D eigenvalue weighted by Gasteiger charge is 2.08. The summed E-state index contributed by atoms with van der Waals surface area (Å²) >= 11 is 0. The van der Waals surface area contributed by atoms with Crippen LogP contribution in [-0.2, 0) is 0 Å². The van der Waals surface area contributed by atoms with Crippen molar-refractivity contribution in [2.24, 2.45) is 0 Å². The molecule has 0 spiro atoms. The van der Waals surface area contributed by atoms with E-state index in [2.05, 4.69) is 6.92 Å². The summed E-state index contributed by atoms with van der Waals surface area (Å²) in [6.07, 6.45) is 2.92. The summed E-state index contributed by atoms with van der Waals surface area (Å²) in [7, 11) is 1.61. The zero-order chi connectivity index (χ0) is 12.7. The van der Waals surface area contributed by atoms with E-state index in [9.17, 15) is 5.11 Å². The number of benzene rings is 1. The van der Waals surface area contributed by atoms with E-state index in [4.69, 9.17) is 9.47 Å². The van der Waals surface area contributed by atoms with Gasteiger partial charge in [0, 0.05) is 0 Å². The molecule has 0 amide bonds. The van der Waals surface area contributed by atoms with Gasteiger partial charge in [0.1, 0.15) is 0 Å². The SMILES string of the molecule is CCCCCOc1ccc([C@@H](C)O)cc1OC. The second-order valence-electron chi connectivity index (χ2n) is 4.14. The number of aliphatic hydroxyl groups is 1. The molecule has 0 aliphatic rings. The number of methoxy groups -OCH3 is 1. The molecule has 17 heavy (non-hydrogen) atoms. The Morgan fingerprint density at radius 2 is 2.00 bits per heavy atom. The average molecular weight is 238 g/mol. The minimum Gasteiger partial charge on any atom is -0.493 e. The van der Waals surface area contributed by atoms with Crippen LogP contribution in [0, 0.1) is 0 Å². The summed E-state index contributed by atoms with van der Waals surface area (Å²) in [4.78, 5) is 0. The van der Waals surface area contributed by atoms with Crippen LogP contribution in [0.4, 0.5) is 0 Å². The standard InChI is InChI=1S/C14H22O3/c1-4-5-6-9-17-13-8-7-12(11(2)15)10-14(13)16-3/h7-8,10-11,15H,4-6,9H2,1-3H3/t11-/m1/s1. The topological polar surface area (TPSA) is 38.7 Å². The van der Waals surface area contributed by atoms with Crippen LogP contribution >= 0.6 is 0 Å². The van der Waals surface area contributed by atoms with Gasteiger partial charge in [0.2, 0.25) is 0 Å². The van der Waals surface area contributed by atoms with E-state index in [0.717, 1.165) is 17.7 Å². The molecule has 96 valence electrons. The van der Waals surface area contributed by atoms with E-state index >= 15 is 0 Å². The Balaban J connectivity index is 2.65. The van der Waals surface area contributed by atoms with Gasteiger partial charge in [-0.2, -0.15) is 0 Å². The van der Waals surface area contributed by atoms with Crippen molar-refractivity contribution in [2.45, 2.75) is 39.2 Å². The monoisotopic (exact) mass is 238 g/mol. The zero-order valence-electron chi connectivity index (χ0n) is 10.9. The molecule has 1 atom stereocenters. The zero-order valence-corrected chi connectivity index (χ0v) is 10.9. The highest BCUT2D eigenvalue weighted by atomic mass is 16.5. The summed E-state index contributed by atoms with van der Waals surface area (Å²) < 4.78 is 10.9. The predicted octanol–water partition coefficient (Wildman–Crippen LogP) is 3.32. The number of hydrogen-bond acceptors (Lipinski definition) is 3. The van der Waals surface area contributed by atoms with Crippen molar-refractivity contribution in [2.75, 3.05) is 13.7 Å². The van der Waals surface area contributed by atoms with E-state index < -0.39 is 6.10 Å². The molecule has 0 saturated heterocycles. The van der Waals surface area contributed by atoms with E-state index in [-0.39, 0.29) is 0 Å². The third-order valence-corrected chi connectivity index (χ3v) is 2.68. The summed E-state index contributed by atoms with van der Waals surface area (Å²) in [5.41, 5.74) is 0.836. The fourth-order valence-corrected chi connectivity index (χ4v) is 1.60. The molecule has 1 aromatic carbocycles. The quantitative estimate of drug-likeness (QED) is 0.741. The van der Waals surface area contributed by atoms with Crippen LogP contribution in [0.2, 0.25) is 0 Å². The van der Waals surface area contributed by atoms with Gasteiger partial charge in [-0.1, -0.05) is 25.8 Å². The van der Waals surface area contributed by atoms with Crippen LogP contribution in [0.1, 0.15) is 44.8 Å². The van der Waals surface area contributed by atoms with Crippen LogP contribution in [0.25, 0.3) is 0 Å². The van der Waals surface area contributed by atoms with Crippen molar-refractivity contribution in [3.63, 3.8) is 0 Å². The molecule has 0 fully saturated rings. The molecule has 1 N–H and O–H groups in total. The first kappa shape index (κ1) is 13.8. The number of rotatable bonds is 7. The van der Waals surface area contributed by atoms with Gasteiger partial charge < -0.3 is 14.6 Å². The molecule has 0 aliphatic carbocycles. The first-order chi connectivity index (χ1) is 8.19. The van der Waals surface area contributed by atoms with E-state index in [0.29, 0.717) is 12.4 Å². The lowest BCUT2D eigenvalue weighted by Gasteiger charge is -2.13. The van der Waals surface area contributed by atoms with E-state index in [1.807, 2.05) is 18.2 Å². The van der Waals surface area contributed by atoms with Gasteiger partial charge in [0.25, 0.3) is 0 Å². The molecule has 0 saturated carbocycles. The predicted molar refractivity (Wildman–Crippen MR) is 68.6 cm³/mol. The van der Waals surface area contributed by atoms with Gasteiger partial charge in [-0.05, 0) is 31.0 Å². The van der Waals surface area contributed by atoms with Crippen LogP contribution in [0.3, 0.4) is 0 Å². The van der Waals surface area contributed by atoms with Crippen LogP contribution < -0.4 is 9.47 Å². The summed E-state index contributed by atoms with van der Waals surface area (Å²) in [6, 6.07) is 5.54. The number of unbranched alkanes of at least 4 members (excludes halogenated alkanes) is 2. The van der Waals surface area contributed by atoms with Crippen molar-refractivity contribution in [3.8, 4) is 11.5 Å². The molecule has 0 aromatic heterocycles. The third-order valence-electron chi connectivity index (χ3n) is 2.68. The van der Waals surface area contributed by atoms with Crippen LogP contribution in [0.5, 0.6) is 11.5 Å². The normalized spacial score (nSPS) is 12.2. The van der Waals surface area contributed by atoms with Gasteiger partial charge in [-0.15, -0.1) is 0 Å². The maximum Gasteiger partial charge on any atom is 0.161 e. The highest BCUT2D eigenvalue weighted by molar-refractivity contribution is 5.43. The van der Waals surface area contributed by atoms with E-state index in [1.165, 1.54) is 12.8 Å². The summed E-state index contributed by atoms with van der Waals surface area (Å²) in [5, 5.41) is 9.48. The third kappa shape index (κ3) is 4.27. The average Bonchev–Trinajstić information content (AvgIpc) is 2.34. The smallest absolute Gasteiger partial charge is 0.161 e. The summed E-state index contributed by atoms with van der Waals surface area (Å²) in [6.45, 7) is 4.60. The van der Waals surface area contributed by atoms with Crippen molar-refractivity contribution in [1.29, 1.82) is 0 Å². The maximum atomic E-state index is 9.48. The molecule has 0 bridgehead atoms.